The molecule has 2 aliphatic rings. The quantitative estimate of drug-likeness (QED) is 0.765. The zero-order valence-electron chi connectivity index (χ0n) is 12.5. The Bertz CT molecular complexity index is 462. The molecule has 0 radical (unpaired) electrons. The van der Waals surface area contributed by atoms with Crippen molar-refractivity contribution in [1.82, 2.24) is 9.97 Å². The number of aromatic nitrogens is 2. The van der Waals surface area contributed by atoms with Crippen LogP contribution in [0.2, 0.25) is 0 Å². The predicted molar refractivity (Wildman–Crippen MR) is 91.1 cm³/mol. The second-order valence-electron chi connectivity index (χ2n) is 6.25. The zero-order valence-corrected chi connectivity index (χ0v) is 14.6. The van der Waals surface area contributed by atoms with Gasteiger partial charge in [-0.25, -0.2) is 9.97 Å². The van der Waals surface area contributed by atoms with Crippen LogP contribution in [0, 0.1) is 15.4 Å². The van der Waals surface area contributed by atoms with Crippen molar-refractivity contribution in [2.45, 2.75) is 58.3 Å². The maximum absolute atomic E-state index is 4.95. The van der Waals surface area contributed by atoms with E-state index in [1.807, 2.05) is 0 Å². The van der Waals surface area contributed by atoms with Gasteiger partial charge >= 0.3 is 0 Å². The summed E-state index contributed by atoms with van der Waals surface area (Å²) in [5.74, 6) is 4.61. The fourth-order valence-electron chi connectivity index (χ4n) is 3.93. The monoisotopic (exact) mass is 385 g/mol. The van der Waals surface area contributed by atoms with E-state index in [-0.39, 0.29) is 0 Å². The molecule has 1 aromatic heterocycles. The van der Waals surface area contributed by atoms with Crippen molar-refractivity contribution in [1.29, 1.82) is 0 Å². The number of hydrogen-bond donors (Lipinski definition) is 1. The lowest BCUT2D eigenvalue weighted by atomic mass is 9.88. The molecule has 3 nitrogen and oxygen atoms in total. The Morgan fingerprint density at radius 2 is 2.05 bits per heavy atom. The molecule has 4 heteroatoms. The van der Waals surface area contributed by atoms with E-state index in [0.29, 0.717) is 5.92 Å². The fourth-order valence-corrected chi connectivity index (χ4v) is 4.63. The first-order valence-corrected chi connectivity index (χ1v) is 9.10. The lowest BCUT2D eigenvalue weighted by molar-refractivity contribution is 0.404. The minimum Gasteiger partial charge on any atom is -0.369 e. The van der Waals surface area contributed by atoms with Crippen molar-refractivity contribution < 1.29 is 0 Å². The Morgan fingerprint density at radius 1 is 1.20 bits per heavy atom. The van der Waals surface area contributed by atoms with E-state index in [1.165, 1.54) is 34.9 Å². The van der Waals surface area contributed by atoms with Gasteiger partial charge in [0.1, 0.15) is 11.6 Å². The largest absolute Gasteiger partial charge is 0.369 e. The highest BCUT2D eigenvalue weighted by atomic mass is 127. The molecule has 20 heavy (non-hydrogen) atoms. The van der Waals surface area contributed by atoms with Crippen LogP contribution in [-0.4, -0.2) is 16.5 Å². The van der Waals surface area contributed by atoms with E-state index in [0.717, 1.165) is 42.9 Å². The predicted octanol–water partition coefficient (Wildman–Crippen LogP) is 4.37. The normalized spacial score (nSPS) is 28.1. The van der Waals surface area contributed by atoms with Crippen LogP contribution >= 0.6 is 22.6 Å². The number of fused-ring (bicyclic) bond motifs is 2. The van der Waals surface area contributed by atoms with E-state index < -0.39 is 0 Å². The van der Waals surface area contributed by atoms with Crippen molar-refractivity contribution in [2.24, 2.45) is 11.8 Å². The van der Waals surface area contributed by atoms with E-state index in [9.17, 15) is 0 Å². The van der Waals surface area contributed by atoms with Crippen molar-refractivity contribution in [2.75, 3.05) is 11.9 Å². The summed E-state index contributed by atoms with van der Waals surface area (Å²) in [7, 11) is 0. The molecule has 2 fully saturated rings. The third-order valence-corrected chi connectivity index (χ3v) is 5.97. The Balaban J connectivity index is 1.93. The Morgan fingerprint density at radius 3 is 2.65 bits per heavy atom. The Hall–Kier alpha value is -0.390. The van der Waals surface area contributed by atoms with E-state index >= 15 is 0 Å². The van der Waals surface area contributed by atoms with Crippen LogP contribution in [0.25, 0.3) is 0 Å². The molecule has 1 aromatic rings. The molecule has 2 saturated carbocycles. The first kappa shape index (κ1) is 14.5. The number of nitrogens with zero attached hydrogens (tertiary/aromatic N) is 2. The third-order valence-electron chi connectivity index (χ3n) is 4.84. The van der Waals surface area contributed by atoms with Crippen molar-refractivity contribution in [3.63, 3.8) is 0 Å². The van der Waals surface area contributed by atoms with Crippen LogP contribution < -0.4 is 5.32 Å². The molecule has 110 valence electrons. The number of anilines is 1. The summed E-state index contributed by atoms with van der Waals surface area (Å²) in [6.45, 7) is 5.28. The minimum atomic E-state index is 0.624. The molecule has 0 saturated heterocycles. The van der Waals surface area contributed by atoms with Gasteiger partial charge in [0.2, 0.25) is 0 Å². The number of rotatable bonds is 5. The van der Waals surface area contributed by atoms with Crippen LogP contribution in [0.4, 0.5) is 5.82 Å². The average Bonchev–Trinajstić information content (AvgIpc) is 3.06. The van der Waals surface area contributed by atoms with Gasteiger partial charge in [0.15, 0.2) is 0 Å². The van der Waals surface area contributed by atoms with E-state index in [2.05, 4.69) is 41.8 Å². The number of hydrogen-bond acceptors (Lipinski definition) is 3. The summed E-state index contributed by atoms with van der Waals surface area (Å²) in [6, 6.07) is 0. The molecule has 0 aliphatic heterocycles. The maximum Gasteiger partial charge on any atom is 0.143 e. The lowest BCUT2D eigenvalue weighted by Crippen LogP contribution is -2.16. The van der Waals surface area contributed by atoms with Crippen LogP contribution in [0.1, 0.15) is 63.4 Å². The van der Waals surface area contributed by atoms with Gasteiger partial charge in [0.25, 0.3) is 0 Å². The summed E-state index contributed by atoms with van der Waals surface area (Å²) < 4.78 is 1.22. The van der Waals surface area contributed by atoms with Gasteiger partial charge in [0, 0.05) is 12.5 Å². The van der Waals surface area contributed by atoms with Gasteiger partial charge in [-0.05, 0) is 67.0 Å². The molecule has 1 N–H and O–H groups in total. The van der Waals surface area contributed by atoms with Gasteiger partial charge < -0.3 is 5.32 Å². The summed E-state index contributed by atoms with van der Waals surface area (Å²) >= 11 is 2.40. The lowest BCUT2D eigenvalue weighted by Gasteiger charge is -2.22. The Labute approximate surface area is 135 Å². The molecule has 1 heterocycles. The minimum absolute atomic E-state index is 0.624. The van der Waals surface area contributed by atoms with Crippen LogP contribution in [0.3, 0.4) is 0 Å². The van der Waals surface area contributed by atoms with Gasteiger partial charge in [-0.15, -0.1) is 0 Å². The molecule has 2 aliphatic carbocycles. The van der Waals surface area contributed by atoms with Crippen molar-refractivity contribution >= 4 is 28.4 Å². The van der Waals surface area contributed by atoms with E-state index in [1.54, 1.807) is 0 Å². The summed E-state index contributed by atoms with van der Waals surface area (Å²) in [5, 5.41) is 3.42. The molecule has 0 aromatic carbocycles. The van der Waals surface area contributed by atoms with Crippen LogP contribution in [-0.2, 0) is 6.42 Å². The molecular formula is C16H24IN3. The molecule has 0 spiro atoms. The van der Waals surface area contributed by atoms with Gasteiger partial charge in [-0.1, -0.05) is 19.8 Å². The van der Waals surface area contributed by atoms with Crippen LogP contribution in [0.5, 0.6) is 0 Å². The average molecular weight is 385 g/mol. The zero-order chi connectivity index (χ0) is 14.1. The topological polar surface area (TPSA) is 37.8 Å². The van der Waals surface area contributed by atoms with Crippen LogP contribution in [0.15, 0.2) is 0 Å². The van der Waals surface area contributed by atoms with Crippen molar-refractivity contribution in [3.8, 4) is 0 Å². The highest BCUT2D eigenvalue weighted by Crippen LogP contribution is 2.52. The molecule has 3 rings (SSSR count). The highest BCUT2D eigenvalue weighted by Gasteiger charge is 2.41. The van der Waals surface area contributed by atoms with Gasteiger partial charge in [-0.3, -0.25) is 0 Å². The molecule has 3 atom stereocenters. The summed E-state index contributed by atoms with van der Waals surface area (Å²) in [5.41, 5.74) is 1.25. The standard InChI is InChI=1S/C16H24IN3/c1-3-5-13-14(17)16(18-4-2)20-15(19-13)12-9-10-6-7-11(12)8-10/h10-12H,3-9H2,1-2H3,(H,18,19,20). The fraction of sp³-hybridized carbons (Fsp3) is 0.750. The molecule has 3 unspecified atom stereocenters. The number of halogens is 1. The first-order chi connectivity index (χ1) is 9.72. The van der Waals surface area contributed by atoms with Gasteiger partial charge in [-0.2, -0.15) is 0 Å². The second kappa shape index (κ2) is 6.16. The molecular weight excluding hydrogens is 361 g/mol. The number of aryl methyl sites for hydroxylation is 1. The van der Waals surface area contributed by atoms with Crippen molar-refractivity contribution in [3.05, 3.63) is 15.1 Å². The smallest absolute Gasteiger partial charge is 0.143 e. The molecule has 0 amide bonds. The summed E-state index contributed by atoms with van der Waals surface area (Å²) in [6.07, 6.45) is 7.78. The number of nitrogens with one attached hydrogen (secondary N) is 1. The Kier molecular flexibility index (Phi) is 4.48. The SMILES string of the molecule is CCCc1nc(C2CC3CCC2C3)nc(NCC)c1I. The van der Waals surface area contributed by atoms with Gasteiger partial charge in [0.05, 0.1) is 9.26 Å². The third kappa shape index (κ3) is 2.68. The second-order valence-corrected chi connectivity index (χ2v) is 7.33. The first-order valence-electron chi connectivity index (χ1n) is 8.03. The maximum atomic E-state index is 4.95. The molecule has 2 bridgehead atoms. The summed E-state index contributed by atoms with van der Waals surface area (Å²) in [4.78, 5) is 9.82. The highest BCUT2D eigenvalue weighted by molar-refractivity contribution is 14.1. The van der Waals surface area contributed by atoms with E-state index in [4.69, 9.17) is 9.97 Å².